The van der Waals surface area contributed by atoms with E-state index in [9.17, 15) is 4.79 Å². The lowest BCUT2D eigenvalue weighted by atomic mass is 10.1. The number of methoxy groups -OCH3 is 1. The fraction of sp³-hybridized carbons (Fsp3) is 0.636. The van der Waals surface area contributed by atoms with E-state index in [1.807, 2.05) is 6.07 Å². The number of hydrogen-bond donors (Lipinski definition) is 2. The molecule has 1 aromatic heterocycles. The van der Waals surface area contributed by atoms with E-state index in [2.05, 4.69) is 29.4 Å². The van der Waals surface area contributed by atoms with Crippen molar-refractivity contribution in [3.8, 4) is 0 Å². The molecule has 0 bridgehead atoms. The molecule has 1 amide bonds. The third-order valence-corrected chi connectivity index (χ3v) is 3.07. The van der Waals surface area contributed by atoms with Crippen molar-refractivity contribution in [1.82, 2.24) is 10.2 Å². The van der Waals surface area contributed by atoms with E-state index < -0.39 is 0 Å². The van der Waals surface area contributed by atoms with Gasteiger partial charge in [0.15, 0.2) is 5.82 Å². The molecule has 0 aliphatic rings. The van der Waals surface area contributed by atoms with Crippen LogP contribution < -0.4 is 5.32 Å². The number of nitrogens with zero attached hydrogens (tertiary/aromatic N) is 1. The number of aromatic nitrogens is 2. The van der Waals surface area contributed by atoms with E-state index >= 15 is 0 Å². The highest BCUT2D eigenvalue weighted by molar-refractivity contribution is 7.99. The quantitative estimate of drug-likeness (QED) is 0.732. The lowest BCUT2D eigenvalue weighted by Crippen LogP contribution is -2.15. The number of carbonyl (C=O) groups is 1. The Labute approximate surface area is 106 Å². The van der Waals surface area contributed by atoms with Crippen LogP contribution in [0.15, 0.2) is 6.07 Å². The summed E-state index contributed by atoms with van der Waals surface area (Å²) in [5, 5.41) is 9.68. The number of ether oxygens (including phenoxy) is 1. The SMILES string of the molecule is COCCSCC(=O)Nc1cc(C(C)C)[nH]n1. The molecule has 5 nitrogen and oxygen atoms in total. The van der Waals surface area contributed by atoms with Gasteiger partial charge in [-0.2, -0.15) is 5.10 Å². The second-order valence-electron chi connectivity index (χ2n) is 3.96. The van der Waals surface area contributed by atoms with Gasteiger partial charge in [-0.05, 0) is 5.92 Å². The van der Waals surface area contributed by atoms with Gasteiger partial charge in [0.2, 0.25) is 5.91 Å². The maximum Gasteiger partial charge on any atom is 0.235 e. The predicted octanol–water partition coefficient (Wildman–Crippen LogP) is 1.85. The van der Waals surface area contributed by atoms with E-state index in [1.165, 1.54) is 0 Å². The molecule has 2 N–H and O–H groups in total. The van der Waals surface area contributed by atoms with E-state index in [0.29, 0.717) is 24.1 Å². The summed E-state index contributed by atoms with van der Waals surface area (Å²) < 4.78 is 4.90. The smallest absolute Gasteiger partial charge is 0.235 e. The molecule has 0 spiro atoms. The van der Waals surface area contributed by atoms with Crippen LogP contribution in [0.3, 0.4) is 0 Å². The van der Waals surface area contributed by atoms with Gasteiger partial charge in [-0.25, -0.2) is 0 Å². The summed E-state index contributed by atoms with van der Waals surface area (Å²) in [4.78, 5) is 11.5. The maximum atomic E-state index is 11.5. The monoisotopic (exact) mass is 257 g/mol. The Bertz CT molecular complexity index is 352. The minimum Gasteiger partial charge on any atom is -0.384 e. The summed E-state index contributed by atoms with van der Waals surface area (Å²) >= 11 is 1.54. The average Bonchev–Trinajstić information content (AvgIpc) is 2.73. The number of thioether (sulfide) groups is 1. The number of hydrogen-bond acceptors (Lipinski definition) is 4. The zero-order valence-corrected chi connectivity index (χ0v) is 11.3. The molecule has 0 saturated carbocycles. The van der Waals surface area contributed by atoms with Crippen molar-refractivity contribution in [2.75, 3.05) is 30.5 Å². The predicted molar refractivity (Wildman–Crippen MR) is 70.5 cm³/mol. The highest BCUT2D eigenvalue weighted by Crippen LogP contribution is 2.14. The molecule has 0 unspecified atom stereocenters. The topological polar surface area (TPSA) is 67.0 Å². The van der Waals surface area contributed by atoms with Crippen molar-refractivity contribution < 1.29 is 9.53 Å². The van der Waals surface area contributed by atoms with Crippen LogP contribution in [0, 0.1) is 0 Å². The summed E-state index contributed by atoms with van der Waals surface area (Å²) in [7, 11) is 1.65. The van der Waals surface area contributed by atoms with Gasteiger partial charge in [0.25, 0.3) is 0 Å². The maximum absolute atomic E-state index is 11.5. The molecule has 1 heterocycles. The Morgan fingerprint density at radius 1 is 1.65 bits per heavy atom. The van der Waals surface area contributed by atoms with E-state index in [4.69, 9.17) is 4.74 Å². The van der Waals surface area contributed by atoms with Crippen LogP contribution in [0.25, 0.3) is 0 Å². The molecule has 0 radical (unpaired) electrons. The van der Waals surface area contributed by atoms with Crippen LogP contribution in [-0.4, -0.2) is 41.3 Å². The zero-order chi connectivity index (χ0) is 12.7. The lowest BCUT2D eigenvalue weighted by Gasteiger charge is -2.01. The van der Waals surface area contributed by atoms with Crippen LogP contribution in [0.1, 0.15) is 25.5 Å². The van der Waals surface area contributed by atoms with Crippen molar-refractivity contribution in [3.63, 3.8) is 0 Å². The molecule has 1 rings (SSSR count). The minimum atomic E-state index is -0.0343. The first kappa shape index (κ1) is 14.1. The molecule has 0 aromatic carbocycles. The summed E-state index contributed by atoms with van der Waals surface area (Å²) in [6.45, 7) is 4.80. The van der Waals surface area contributed by atoms with Crippen LogP contribution in [0.2, 0.25) is 0 Å². The van der Waals surface area contributed by atoms with Gasteiger partial charge in [0, 0.05) is 24.6 Å². The summed E-state index contributed by atoms with van der Waals surface area (Å²) in [6, 6.07) is 1.86. The number of H-pyrrole nitrogens is 1. The van der Waals surface area contributed by atoms with Crippen molar-refractivity contribution in [2.45, 2.75) is 19.8 Å². The van der Waals surface area contributed by atoms with Crippen molar-refractivity contribution in [3.05, 3.63) is 11.8 Å². The molecule has 0 atom stereocenters. The zero-order valence-electron chi connectivity index (χ0n) is 10.4. The standard InChI is InChI=1S/C11H19N3O2S/c1-8(2)9-6-10(14-13-9)12-11(15)7-17-5-4-16-3/h6,8H,4-5,7H2,1-3H3,(H2,12,13,14,15). The summed E-state index contributed by atoms with van der Waals surface area (Å²) in [6.07, 6.45) is 0. The second-order valence-corrected chi connectivity index (χ2v) is 5.06. The molecule has 0 fully saturated rings. The molecular weight excluding hydrogens is 238 g/mol. The number of aromatic amines is 1. The van der Waals surface area contributed by atoms with Crippen LogP contribution >= 0.6 is 11.8 Å². The third kappa shape index (κ3) is 5.23. The van der Waals surface area contributed by atoms with Crippen molar-refractivity contribution in [2.24, 2.45) is 0 Å². The highest BCUT2D eigenvalue weighted by Gasteiger charge is 2.07. The van der Waals surface area contributed by atoms with Gasteiger partial charge in [-0.3, -0.25) is 9.89 Å². The van der Waals surface area contributed by atoms with Crippen molar-refractivity contribution >= 4 is 23.5 Å². The Hall–Kier alpha value is -1.01. The first-order valence-electron chi connectivity index (χ1n) is 5.55. The number of rotatable bonds is 7. The van der Waals surface area contributed by atoms with Crippen LogP contribution in [-0.2, 0) is 9.53 Å². The number of carbonyl (C=O) groups excluding carboxylic acids is 1. The van der Waals surface area contributed by atoms with Gasteiger partial charge in [0.1, 0.15) is 0 Å². The number of amides is 1. The van der Waals surface area contributed by atoms with E-state index in [0.717, 1.165) is 11.4 Å². The highest BCUT2D eigenvalue weighted by atomic mass is 32.2. The molecule has 0 aliphatic carbocycles. The van der Waals surface area contributed by atoms with E-state index in [1.54, 1.807) is 18.9 Å². The molecule has 17 heavy (non-hydrogen) atoms. The largest absolute Gasteiger partial charge is 0.384 e. The number of anilines is 1. The Morgan fingerprint density at radius 3 is 3.00 bits per heavy atom. The molecule has 0 saturated heterocycles. The van der Waals surface area contributed by atoms with Crippen LogP contribution in [0.4, 0.5) is 5.82 Å². The normalized spacial score (nSPS) is 10.8. The molecule has 1 aromatic rings. The lowest BCUT2D eigenvalue weighted by molar-refractivity contribution is -0.113. The van der Waals surface area contributed by atoms with Gasteiger partial charge >= 0.3 is 0 Å². The Balaban J connectivity index is 2.29. The third-order valence-electron chi connectivity index (χ3n) is 2.15. The Kier molecular flexibility index (Phi) is 6.07. The fourth-order valence-electron chi connectivity index (χ4n) is 1.18. The average molecular weight is 257 g/mol. The second kappa shape index (κ2) is 7.34. The van der Waals surface area contributed by atoms with Crippen LogP contribution in [0.5, 0.6) is 0 Å². The van der Waals surface area contributed by atoms with Gasteiger partial charge in [0.05, 0.1) is 12.4 Å². The molecule has 6 heteroatoms. The molecule has 96 valence electrons. The summed E-state index contributed by atoms with van der Waals surface area (Å²) in [5.41, 5.74) is 1.02. The first-order valence-corrected chi connectivity index (χ1v) is 6.70. The summed E-state index contributed by atoms with van der Waals surface area (Å²) in [5.74, 6) is 2.18. The van der Waals surface area contributed by atoms with Gasteiger partial charge in [-0.1, -0.05) is 13.8 Å². The van der Waals surface area contributed by atoms with Crippen molar-refractivity contribution in [1.29, 1.82) is 0 Å². The van der Waals surface area contributed by atoms with Gasteiger partial charge in [-0.15, -0.1) is 11.8 Å². The first-order chi connectivity index (χ1) is 8.13. The fourth-order valence-corrected chi connectivity index (χ4v) is 1.87. The van der Waals surface area contributed by atoms with Gasteiger partial charge < -0.3 is 10.1 Å². The minimum absolute atomic E-state index is 0.0343. The molecular formula is C11H19N3O2S. The van der Waals surface area contributed by atoms with E-state index in [-0.39, 0.29) is 5.91 Å². The Morgan fingerprint density at radius 2 is 2.41 bits per heavy atom. The number of nitrogens with one attached hydrogen (secondary N) is 2. The molecule has 0 aliphatic heterocycles.